The Balaban J connectivity index is 1.46. The highest BCUT2D eigenvalue weighted by atomic mass is 16.6. The van der Waals surface area contributed by atoms with Crippen molar-refractivity contribution >= 4 is 29.4 Å². The van der Waals surface area contributed by atoms with Crippen LogP contribution in [-0.2, 0) is 28.7 Å². The van der Waals surface area contributed by atoms with Gasteiger partial charge in [-0.25, -0.2) is 0 Å². The molecule has 0 radical (unpaired) electrons. The minimum Gasteiger partial charge on any atom is -0.497 e. The standard InChI is InChI=1S/C37H43N3O8/c1-4-23(2)27(22-41)40-33-35(44)39(25-15-17-26(46-3)18-16-25)20-10-19-37(33)32(34(40)43)31-28(48-37)13-8-9-14-30(42)38-21-29(47-36(31)45)24-11-6-5-7-12-24/h5-8,10-13,15-19,23,27-29,31-33,41H,4,9,14,20-22H2,1-3H3,(H,38,42)/b13-8-/t23-,27-,28+,29-,31-,32-,33+,37-/m0/s1. The van der Waals surface area contributed by atoms with E-state index in [4.69, 9.17) is 14.2 Å². The highest BCUT2D eigenvalue weighted by Gasteiger charge is 2.72. The first-order valence-electron chi connectivity index (χ1n) is 16.7. The molecule has 11 heteroatoms. The van der Waals surface area contributed by atoms with Gasteiger partial charge in [0.25, 0.3) is 5.91 Å². The van der Waals surface area contributed by atoms with Crippen LogP contribution in [0.5, 0.6) is 5.75 Å². The number of nitrogens with zero attached hydrogens (tertiary/aromatic N) is 2. The normalized spacial score (nSPS) is 30.9. The predicted octanol–water partition coefficient (Wildman–Crippen LogP) is 3.34. The molecule has 0 aliphatic carbocycles. The third-order valence-electron chi connectivity index (χ3n) is 10.2. The van der Waals surface area contributed by atoms with Crippen molar-refractivity contribution in [2.45, 2.75) is 63.0 Å². The van der Waals surface area contributed by atoms with E-state index in [1.807, 2.05) is 44.2 Å². The molecule has 2 N–H and O–H groups in total. The minimum absolute atomic E-state index is 0.0604. The highest BCUT2D eigenvalue weighted by molar-refractivity contribution is 6.05. The van der Waals surface area contributed by atoms with Gasteiger partial charge in [-0.3, -0.25) is 19.2 Å². The Morgan fingerprint density at radius 1 is 1.04 bits per heavy atom. The SMILES string of the molecule is CC[C@H](C)[C@H](CO)N1C(=O)[C@@H]2[C@H]3C(=O)O[C@H](c4ccccc4)CNC(=O)CC/C=C\[C@H]3O[C@@]23C=CCN(c2ccc(OC)cc2)C(=O)[C@@H]13. The van der Waals surface area contributed by atoms with Gasteiger partial charge >= 0.3 is 5.97 Å². The van der Waals surface area contributed by atoms with Gasteiger partial charge in [0.2, 0.25) is 11.8 Å². The number of fused-ring (bicyclic) bond motifs is 2. The molecule has 4 aliphatic heterocycles. The first kappa shape index (κ1) is 33.4. The molecule has 3 amide bonds. The van der Waals surface area contributed by atoms with Crippen molar-refractivity contribution < 1.29 is 38.5 Å². The molecule has 6 rings (SSSR count). The van der Waals surface area contributed by atoms with Crippen LogP contribution in [0.4, 0.5) is 5.69 Å². The molecule has 48 heavy (non-hydrogen) atoms. The Labute approximate surface area is 280 Å². The maximum absolute atomic E-state index is 14.8. The second kappa shape index (κ2) is 13.9. The molecule has 0 unspecified atom stereocenters. The molecule has 2 aromatic rings. The van der Waals surface area contributed by atoms with Crippen molar-refractivity contribution in [1.82, 2.24) is 10.2 Å². The zero-order valence-electron chi connectivity index (χ0n) is 27.5. The summed E-state index contributed by atoms with van der Waals surface area (Å²) in [7, 11) is 1.56. The zero-order chi connectivity index (χ0) is 34.0. The highest BCUT2D eigenvalue weighted by Crippen LogP contribution is 2.54. The lowest BCUT2D eigenvalue weighted by Crippen LogP contribution is -2.59. The van der Waals surface area contributed by atoms with E-state index < -0.39 is 53.6 Å². The molecular formula is C37H43N3O8. The first-order valence-corrected chi connectivity index (χ1v) is 16.7. The number of carbonyl (C=O) groups excluding carboxylic acids is 4. The molecule has 1 spiro atoms. The number of aliphatic hydroxyl groups excluding tert-OH is 1. The molecule has 0 bridgehead atoms. The summed E-state index contributed by atoms with van der Waals surface area (Å²) in [4.78, 5) is 59.7. The summed E-state index contributed by atoms with van der Waals surface area (Å²) in [5.41, 5.74) is -0.224. The number of hydrogen-bond donors (Lipinski definition) is 2. The van der Waals surface area contributed by atoms with Gasteiger partial charge in [-0.15, -0.1) is 0 Å². The van der Waals surface area contributed by atoms with Crippen LogP contribution in [0.25, 0.3) is 0 Å². The van der Waals surface area contributed by atoms with Crippen LogP contribution in [0.15, 0.2) is 78.9 Å². The topological polar surface area (TPSA) is 135 Å². The zero-order valence-corrected chi connectivity index (χ0v) is 27.5. The third kappa shape index (κ3) is 5.90. The minimum atomic E-state index is -1.52. The summed E-state index contributed by atoms with van der Waals surface area (Å²) in [5, 5.41) is 13.6. The molecule has 2 saturated heterocycles. The van der Waals surface area contributed by atoms with E-state index in [1.165, 1.54) is 4.90 Å². The van der Waals surface area contributed by atoms with Crippen molar-refractivity contribution in [2.24, 2.45) is 17.8 Å². The van der Waals surface area contributed by atoms with E-state index in [9.17, 15) is 24.3 Å². The number of aliphatic hydroxyl groups is 1. The molecular weight excluding hydrogens is 614 g/mol. The first-order chi connectivity index (χ1) is 23.2. The number of rotatable bonds is 7. The summed E-state index contributed by atoms with van der Waals surface area (Å²) in [6.07, 6.45) is 6.60. The van der Waals surface area contributed by atoms with Gasteiger partial charge in [0.1, 0.15) is 29.4 Å². The molecule has 11 nitrogen and oxygen atoms in total. The van der Waals surface area contributed by atoms with Crippen molar-refractivity contribution in [2.75, 3.05) is 31.7 Å². The smallest absolute Gasteiger partial charge is 0.313 e. The molecule has 0 saturated carbocycles. The van der Waals surface area contributed by atoms with E-state index in [2.05, 4.69) is 5.32 Å². The lowest BCUT2D eigenvalue weighted by atomic mass is 9.77. The number of methoxy groups -OCH3 is 1. The number of allylic oxidation sites excluding steroid dienone is 1. The Morgan fingerprint density at radius 2 is 1.79 bits per heavy atom. The number of nitrogens with one attached hydrogen (secondary N) is 1. The van der Waals surface area contributed by atoms with E-state index in [1.54, 1.807) is 60.6 Å². The molecule has 254 valence electrons. The number of likely N-dealkylation sites (tertiary alicyclic amines) is 1. The van der Waals surface area contributed by atoms with E-state index >= 15 is 0 Å². The van der Waals surface area contributed by atoms with Crippen LogP contribution >= 0.6 is 0 Å². The number of benzene rings is 2. The fourth-order valence-electron chi connectivity index (χ4n) is 7.51. The number of anilines is 1. The molecule has 0 aromatic heterocycles. The quantitative estimate of drug-likeness (QED) is 0.342. The Morgan fingerprint density at radius 3 is 2.48 bits per heavy atom. The van der Waals surface area contributed by atoms with E-state index in [-0.39, 0.29) is 43.8 Å². The fourth-order valence-corrected chi connectivity index (χ4v) is 7.51. The van der Waals surface area contributed by atoms with Gasteiger partial charge in [-0.1, -0.05) is 74.9 Å². The van der Waals surface area contributed by atoms with Crippen LogP contribution < -0.4 is 15.0 Å². The van der Waals surface area contributed by atoms with Crippen LogP contribution in [0.1, 0.15) is 44.8 Å². The van der Waals surface area contributed by atoms with Crippen molar-refractivity contribution in [3.05, 3.63) is 84.5 Å². The summed E-state index contributed by atoms with van der Waals surface area (Å²) in [6, 6.07) is 14.3. The Kier molecular flexibility index (Phi) is 9.70. The van der Waals surface area contributed by atoms with Gasteiger partial charge in [0.05, 0.1) is 38.3 Å². The number of esters is 1. The number of carbonyl (C=O) groups is 4. The van der Waals surface area contributed by atoms with Crippen molar-refractivity contribution in [3.63, 3.8) is 0 Å². The second-order valence-electron chi connectivity index (χ2n) is 12.9. The fraction of sp³-hybridized carbons (Fsp3) is 0.459. The monoisotopic (exact) mass is 657 g/mol. The second-order valence-corrected chi connectivity index (χ2v) is 12.9. The van der Waals surface area contributed by atoms with Crippen molar-refractivity contribution in [1.29, 1.82) is 0 Å². The van der Waals surface area contributed by atoms with Crippen LogP contribution in [0.2, 0.25) is 0 Å². The summed E-state index contributed by atoms with van der Waals surface area (Å²) in [5.74, 6) is -3.39. The third-order valence-corrected chi connectivity index (χ3v) is 10.2. The molecule has 2 aromatic carbocycles. The maximum Gasteiger partial charge on any atom is 0.313 e. The van der Waals surface area contributed by atoms with Gasteiger partial charge < -0.3 is 34.4 Å². The van der Waals surface area contributed by atoms with Crippen LogP contribution in [0, 0.1) is 17.8 Å². The van der Waals surface area contributed by atoms with Crippen molar-refractivity contribution in [3.8, 4) is 5.75 Å². The molecule has 2 fully saturated rings. The summed E-state index contributed by atoms with van der Waals surface area (Å²) >= 11 is 0. The van der Waals surface area contributed by atoms with Crippen LogP contribution in [0.3, 0.4) is 0 Å². The molecule has 4 heterocycles. The Hall–Kier alpha value is -4.48. The lowest BCUT2D eigenvalue weighted by Gasteiger charge is -2.40. The summed E-state index contributed by atoms with van der Waals surface area (Å²) < 4.78 is 18.3. The van der Waals surface area contributed by atoms with Gasteiger partial charge in [-0.05, 0) is 42.2 Å². The van der Waals surface area contributed by atoms with E-state index in [0.29, 0.717) is 29.8 Å². The largest absolute Gasteiger partial charge is 0.497 e. The number of ether oxygens (including phenoxy) is 3. The average molecular weight is 658 g/mol. The van der Waals surface area contributed by atoms with Gasteiger partial charge in [0, 0.05) is 18.7 Å². The van der Waals surface area contributed by atoms with Crippen LogP contribution in [-0.4, -0.2) is 84.3 Å². The summed E-state index contributed by atoms with van der Waals surface area (Å²) in [6.45, 7) is 3.79. The maximum atomic E-state index is 14.8. The lowest BCUT2D eigenvalue weighted by molar-refractivity contribution is -0.160. The molecule has 8 atom stereocenters. The van der Waals surface area contributed by atoms with E-state index in [0.717, 1.165) is 0 Å². The average Bonchev–Trinajstić information content (AvgIpc) is 3.49. The number of cyclic esters (lactones) is 1. The molecule has 4 aliphatic rings. The Bertz CT molecular complexity index is 1580. The van der Waals surface area contributed by atoms with Gasteiger partial charge in [0.15, 0.2) is 0 Å². The predicted molar refractivity (Wildman–Crippen MR) is 177 cm³/mol. The number of hydrogen-bond acceptors (Lipinski definition) is 8. The van der Waals surface area contributed by atoms with Gasteiger partial charge in [-0.2, -0.15) is 0 Å². The number of amides is 3.